The lowest BCUT2D eigenvalue weighted by molar-refractivity contribution is -0.137. The molecule has 27 heavy (non-hydrogen) atoms. The first kappa shape index (κ1) is 18.2. The highest BCUT2D eigenvalue weighted by molar-refractivity contribution is 7.22. The average Bonchev–Trinajstić information content (AvgIpc) is 3.44. The Balaban J connectivity index is 1.65. The third-order valence-corrected chi connectivity index (χ3v) is 6.19. The van der Waals surface area contributed by atoms with Crippen molar-refractivity contribution in [1.29, 1.82) is 5.26 Å². The van der Waals surface area contributed by atoms with Crippen molar-refractivity contribution in [2.75, 3.05) is 37.6 Å². The number of hydrogen-bond donors (Lipinski definition) is 0. The van der Waals surface area contributed by atoms with Crippen molar-refractivity contribution in [1.82, 2.24) is 9.88 Å². The summed E-state index contributed by atoms with van der Waals surface area (Å²) in [6, 6.07) is 3.38. The van der Waals surface area contributed by atoms with Crippen molar-refractivity contribution in [2.24, 2.45) is 5.92 Å². The number of hydrogen-bond acceptors (Lipinski definition) is 6. The second kappa shape index (κ2) is 6.77. The van der Waals surface area contributed by atoms with Crippen molar-refractivity contribution in [3.05, 3.63) is 33.6 Å². The van der Waals surface area contributed by atoms with E-state index in [1.54, 1.807) is 6.07 Å². The summed E-state index contributed by atoms with van der Waals surface area (Å²) in [4.78, 5) is 20.8. The number of fused-ring (bicyclic) bond motifs is 1. The van der Waals surface area contributed by atoms with Gasteiger partial charge in [0.05, 0.1) is 21.2 Å². The maximum atomic E-state index is 13.0. The summed E-state index contributed by atoms with van der Waals surface area (Å²) < 4.78 is 39.3. The Morgan fingerprint density at radius 3 is 2.52 bits per heavy atom. The fourth-order valence-electron chi connectivity index (χ4n) is 3.33. The van der Waals surface area contributed by atoms with Gasteiger partial charge in [-0.1, -0.05) is 11.3 Å². The molecule has 5 nitrogen and oxygen atoms in total. The molecule has 0 radical (unpaired) electrons. The second-order valence-electron chi connectivity index (χ2n) is 7.04. The average molecular weight is 394 g/mol. The Morgan fingerprint density at radius 1 is 1.22 bits per heavy atom. The number of alkyl halides is 3. The fourth-order valence-corrected chi connectivity index (χ4v) is 4.42. The monoisotopic (exact) mass is 394 g/mol. The van der Waals surface area contributed by atoms with Gasteiger partial charge in [0.2, 0.25) is 0 Å². The van der Waals surface area contributed by atoms with E-state index >= 15 is 0 Å². The normalized spacial score (nSPS) is 18.7. The summed E-state index contributed by atoms with van der Waals surface area (Å²) in [6.45, 7) is 4.27. The molecule has 1 aromatic heterocycles. The van der Waals surface area contributed by atoms with Gasteiger partial charge in [-0.25, -0.2) is 0 Å². The molecule has 1 aliphatic carbocycles. The van der Waals surface area contributed by atoms with Crippen molar-refractivity contribution in [2.45, 2.75) is 19.0 Å². The molecule has 0 spiro atoms. The predicted molar refractivity (Wildman–Crippen MR) is 97.0 cm³/mol. The Labute approximate surface area is 157 Å². The molecule has 2 heterocycles. The van der Waals surface area contributed by atoms with Gasteiger partial charge in [-0.2, -0.15) is 23.4 Å². The molecule has 142 valence electrons. The summed E-state index contributed by atoms with van der Waals surface area (Å²) in [6.07, 6.45) is -2.02. The molecule has 1 saturated carbocycles. The summed E-state index contributed by atoms with van der Waals surface area (Å²) in [5, 5.41) is 9.61. The van der Waals surface area contributed by atoms with Crippen LogP contribution < -0.4 is 10.5 Å². The number of halogens is 3. The molecule has 1 saturated heterocycles. The molecule has 0 N–H and O–H groups in total. The van der Waals surface area contributed by atoms with E-state index < -0.39 is 17.3 Å². The highest BCUT2D eigenvalue weighted by Crippen LogP contribution is 2.35. The van der Waals surface area contributed by atoms with Crippen molar-refractivity contribution in [3.63, 3.8) is 0 Å². The first-order valence-electron chi connectivity index (χ1n) is 8.78. The molecule has 9 heteroatoms. The lowest BCUT2D eigenvalue weighted by Gasteiger charge is -2.35. The highest BCUT2D eigenvalue weighted by atomic mass is 32.1. The second-order valence-corrected chi connectivity index (χ2v) is 8.02. The van der Waals surface area contributed by atoms with Crippen molar-refractivity contribution < 1.29 is 13.2 Å². The molecule has 1 aliphatic heterocycles. The zero-order valence-corrected chi connectivity index (χ0v) is 15.2. The molecule has 0 bridgehead atoms. The van der Waals surface area contributed by atoms with Crippen LogP contribution in [0, 0.1) is 17.2 Å². The SMILES string of the molecule is N#Cc1cc(C(F)(F)F)cc2c(=O)nc(N3CCN(CC4CC4)CC3)sc12. The van der Waals surface area contributed by atoms with E-state index in [0.29, 0.717) is 18.2 Å². The van der Waals surface area contributed by atoms with E-state index in [0.717, 1.165) is 49.0 Å². The summed E-state index contributed by atoms with van der Waals surface area (Å²) in [5.41, 5.74) is -1.86. The zero-order valence-electron chi connectivity index (χ0n) is 14.4. The van der Waals surface area contributed by atoms with Crippen LogP contribution in [0.4, 0.5) is 18.3 Å². The standard InChI is InChI=1S/C18H17F3N4OS/c19-18(20,21)13-7-12(9-22)15-14(8-13)16(26)23-17(27-15)25-5-3-24(4-6-25)10-11-1-2-11/h7-8,11H,1-6,10H2. The number of anilines is 1. The molecular formula is C18H17F3N4OS. The maximum absolute atomic E-state index is 13.0. The predicted octanol–water partition coefficient (Wildman–Crippen LogP) is 3.08. The molecule has 2 aromatic rings. The van der Waals surface area contributed by atoms with Gasteiger partial charge in [0, 0.05) is 32.7 Å². The Kier molecular flexibility index (Phi) is 4.56. The number of nitriles is 1. The number of rotatable bonds is 3. The van der Waals surface area contributed by atoms with E-state index in [2.05, 4.69) is 9.88 Å². The van der Waals surface area contributed by atoms with Gasteiger partial charge >= 0.3 is 6.18 Å². The number of benzene rings is 1. The zero-order chi connectivity index (χ0) is 19.2. The van der Waals surface area contributed by atoms with Gasteiger partial charge in [0.25, 0.3) is 5.56 Å². The third-order valence-electron chi connectivity index (χ3n) is 5.01. The summed E-state index contributed by atoms with van der Waals surface area (Å²) in [7, 11) is 0. The molecule has 2 fully saturated rings. The van der Waals surface area contributed by atoms with Crippen LogP contribution in [-0.4, -0.2) is 42.6 Å². The van der Waals surface area contributed by atoms with Crippen LogP contribution in [0.5, 0.6) is 0 Å². The van der Waals surface area contributed by atoms with E-state index in [-0.39, 0.29) is 15.6 Å². The number of piperazine rings is 1. The van der Waals surface area contributed by atoms with Crippen LogP contribution in [0.2, 0.25) is 0 Å². The van der Waals surface area contributed by atoms with Crippen LogP contribution in [0.1, 0.15) is 24.0 Å². The van der Waals surface area contributed by atoms with Crippen LogP contribution in [0.25, 0.3) is 10.1 Å². The quantitative estimate of drug-likeness (QED) is 0.801. The minimum Gasteiger partial charge on any atom is -0.345 e. The lowest BCUT2D eigenvalue weighted by Crippen LogP contribution is -2.47. The minimum atomic E-state index is -4.62. The summed E-state index contributed by atoms with van der Waals surface area (Å²) >= 11 is 1.11. The van der Waals surface area contributed by atoms with Crippen molar-refractivity contribution in [3.8, 4) is 6.07 Å². The smallest absolute Gasteiger partial charge is 0.345 e. The molecule has 2 aliphatic rings. The van der Waals surface area contributed by atoms with Crippen LogP contribution in [-0.2, 0) is 6.18 Å². The molecule has 1 aromatic carbocycles. The van der Waals surface area contributed by atoms with E-state index in [1.807, 2.05) is 4.90 Å². The molecule has 0 atom stereocenters. The van der Waals surface area contributed by atoms with Gasteiger partial charge in [0.15, 0.2) is 5.13 Å². The van der Waals surface area contributed by atoms with Crippen LogP contribution >= 0.6 is 11.3 Å². The first-order chi connectivity index (χ1) is 12.8. The number of aromatic nitrogens is 1. The van der Waals surface area contributed by atoms with Gasteiger partial charge < -0.3 is 4.90 Å². The fraction of sp³-hybridized carbons (Fsp3) is 0.500. The van der Waals surface area contributed by atoms with Crippen LogP contribution in [0.3, 0.4) is 0 Å². The van der Waals surface area contributed by atoms with E-state index in [1.165, 1.54) is 12.8 Å². The van der Waals surface area contributed by atoms with E-state index in [9.17, 15) is 23.2 Å². The topological polar surface area (TPSA) is 60.2 Å². The van der Waals surface area contributed by atoms with E-state index in [4.69, 9.17) is 0 Å². The van der Waals surface area contributed by atoms with Crippen molar-refractivity contribution >= 4 is 26.6 Å². The molecular weight excluding hydrogens is 377 g/mol. The lowest BCUT2D eigenvalue weighted by atomic mass is 10.1. The Bertz CT molecular complexity index is 969. The van der Waals surface area contributed by atoms with Gasteiger partial charge in [-0.15, -0.1) is 0 Å². The molecule has 0 unspecified atom stereocenters. The minimum absolute atomic E-state index is 0.141. The molecule has 4 rings (SSSR count). The van der Waals surface area contributed by atoms with Gasteiger partial charge in [-0.3, -0.25) is 9.69 Å². The Morgan fingerprint density at radius 2 is 1.93 bits per heavy atom. The first-order valence-corrected chi connectivity index (χ1v) is 9.60. The van der Waals surface area contributed by atoms with Gasteiger partial charge in [-0.05, 0) is 30.9 Å². The largest absolute Gasteiger partial charge is 0.416 e. The molecule has 0 amide bonds. The number of nitrogens with zero attached hydrogens (tertiary/aromatic N) is 4. The van der Waals surface area contributed by atoms with Gasteiger partial charge in [0.1, 0.15) is 6.07 Å². The highest BCUT2D eigenvalue weighted by Gasteiger charge is 2.32. The van der Waals surface area contributed by atoms with Crippen LogP contribution in [0.15, 0.2) is 16.9 Å². The summed E-state index contributed by atoms with van der Waals surface area (Å²) in [5.74, 6) is 0.812. The third kappa shape index (κ3) is 3.77. The maximum Gasteiger partial charge on any atom is 0.416 e. The Hall–Kier alpha value is -2.18.